The molecule has 1 aromatic heterocycles. The van der Waals surface area contributed by atoms with Gasteiger partial charge in [-0.15, -0.1) is 0 Å². The van der Waals surface area contributed by atoms with E-state index in [0.717, 1.165) is 11.2 Å². The highest BCUT2D eigenvalue weighted by Gasteiger charge is 2.18. The molecule has 0 radical (unpaired) electrons. The summed E-state index contributed by atoms with van der Waals surface area (Å²) in [5.74, 6) is -1.14. The Bertz CT molecular complexity index is 852. The van der Waals surface area contributed by atoms with E-state index in [0.29, 0.717) is 4.90 Å². The van der Waals surface area contributed by atoms with Gasteiger partial charge < -0.3 is 5.73 Å². The van der Waals surface area contributed by atoms with Crippen LogP contribution in [0.15, 0.2) is 57.4 Å². The van der Waals surface area contributed by atoms with E-state index in [9.17, 15) is 13.2 Å². The van der Waals surface area contributed by atoms with Gasteiger partial charge in [0.1, 0.15) is 0 Å². The van der Waals surface area contributed by atoms with E-state index >= 15 is 0 Å². The molecule has 1 heterocycles. The summed E-state index contributed by atoms with van der Waals surface area (Å²) in [7, 11) is -3.54. The molecule has 0 bridgehead atoms. The lowest BCUT2D eigenvalue weighted by Gasteiger charge is -2.10. The number of rotatable bonds is 4. The second-order valence-corrected chi connectivity index (χ2v) is 7.69. The normalized spacial score (nSPS) is 11.0. The van der Waals surface area contributed by atoms with Gasteiger partial charge >= 0.3 is 0 Å². The molecule has 0 fully saturated rings. The van der Waals surface area contributed by atoms with Crippen LogP contribution in [0.5, 0.6) is 0 Å². The molecule has 0 aliphatic heterocycles. The second-order valence-electron chi connectivity index (χ2n) is 4.59. The molecule has 7 nitrogen and oxygen atoms in total. The minimum atomic E-state index is -3.54. The lowest BCUT2D eigenvalue weighted by molar-refractivity contribution is 0.0976. The van der Waals surface area contributed by atoms with Crippen LogP contribution in [0.25, 0.3) is 0 Å². The van der Waals surface area contributed by atoms with Crippen molar-refractivity contribution < 1.29 is 13.2 Å². The van der Waals surface area contributed by atoms with Crippen molar-refractivity contribution in [2.24, 2.45) is 5.73 Å². The average molecular weight is 350 g/mol. The van der Waals surface area contributed by atoms with Crippen molar-refractivity contribution in [1.82, 2.24) is 10.3 Å². The van der Waals surface area contributed by atoms with Crippen molar-refractivity contribution in [2.45, 2.75) is 14.7 Å². The van der Waals surface area contributed by atoms with E-state index in [-0.39, 0.29) is 10.5 Å². The molecule has 2 rings (SSSR count). The number of amides is 1. The summed E-state index contributed by atoms with van der Waals surface area (Å²) < 4.78 is 24.0. The van der Waals surface area contributed by atoms with Crippen molar-refractivity contribution in [3.8, 4) is 0 Å². The Labute approximate surface area is 137 Å². The van der Waals surface area contributed by atoms with E-state index in [1.54, 1.807) is 30.6 Å². The van der Waals surface area contributed by atoms with Crippen molar-refractivity contribution in [3.63, 3.8) is 0 Å². The maximum atomic E-state index is 12.0. The molecule has 1 aromatic carbocycles. The standard InChI is InChI=1S/C14H14N4O3S2/c1-23(20,21)12-8-9(13(19)18-14(15)16)2-3-11(12)22-10-4-6-17-7-5-10/h2-8H,1H3,(H4,15,16,18,19). The highest BCUT2D eigenvalue weighted by molar-refractivity contribution is 8.00. The Balaban J connectivity index is 2.44. The maximum absolute atomic E-state index is 12.0. The van der Waals surface area contributed by atoms with Gasteiger partial charge in [0, 0.05) is 34.0 Å². The zero-order valence-electron chi connectivity index (χ0n) is 12.1. The summed E-state index contributed by atoms with van der Waals surface area (Å²) in [4.78, 5) is 17.1. The van der Waals surface area contributed by atoms with Gasteiger partial charge in [-0.05, 0) is 30.3 Å². The predicted molar refractivity (Wildman–Crippen MR) is 87.3 cm³/mol. The van der Waals surface area contributed by atoms with Crippen molar-refractivity contribution in [3.05, 3.63) is 48.3 Å². The summed E-state index contributed by atoms with van der Waals surface area (Å²) in [5, 5.41) is 9.18. The summed E-state index contributed by atoms with van der Waals surface area (Å²) >= 11 is 1.26. The lowest BCUT2D eigenvalue weighted by atomic mass is 10.2. The summed E-state index contributed by atoms with van der Waals surface area (Å²) in [6, 6.07) is 7.82. The third kappa shape index (κ3) is 4.54. The van der Waals surface area contributed by atoms with Crippen molar-refractivity contribution in [1.29, 1.82) is 5.41 Å². The van der Waals surface area contributed by atoms with Gasteiger partial charge in [-0.1, -0.05) is 11.8 Å². The Morgan fingerprint density at radius 1 is 1.26 bits per heavy atom. The number of carbonyl (C=O) groups excluding carboxylic acids is 1. The summed E-state index contributed by atoms with van der Waals surface area (Å²) in [6.07, 6.45) is 4.29. The Morgan fingerprint density at radius 3 is 2.48 bits per heavy atom. The van der Waals surface area contributed by atoms with Crippen LogP contribution in [0.1, 0.15) is 10.4 Å². The average Bonchev–Trinajstić information content (AvgIpc) is 2.46. The summed E-state index contributed by atoms with van der Waals surface area (Å²) in [5.41, 5.74) is 5.22. The van der Waals surface area contributed by atoms with Gasteiger partial charge in [0.25, 0.3) is 5.91 Å². The third-order valence-corrected chi connectivity index (χ3v) is 5.08. The van der Waals surface area contributed by atoms with E-state index in [4.69, 9.17) is 11.1 Å². The third-order valence-electron chi connectivity index (χ3n) is 2.73. The molecule has 0 aliphatic carbocycles. The highest BCUT2D eigenvalue weighted by atomic mass is 32.2. The van der Waals surface area contributed by atoms with Crippen LogP contribution in [-0.4, -0.2) is 31.5 Å². The zero-order chi connectivity index (χ0) is 17.0. The first-order valence-electron chi connectivity index (χ1n) is 6.35. The molecule has 0 spiro atoms. The van der Waals surface area contributed by atoms with Gasteiger partial charge in [0.05, 0.1) is 4.90 Å². The largest absolute Gasteiger partial charge is 0.370 e. The Morgan fingerprint density at radius 2 is 1.91 bits per heavy atom. The fraction of sp³-hybridized carbons (Fsp3) is 0.0714. The SMILES string of the molecule is CS(=O)(=O)c1cc(C(=O)NC(=N)N)ccc1Sc1ccncc1. The number of hydrogen-bond acceptors (Lipinski definition) is 6. The smallest absolute Gasteiger partial charge is 0.257 e. The summed E-state index contributed by atoms with van der Waals surface area (Å²) in [6.45, 7) is 0. The quantitative estimate of drug-likeness (QED) is 0.563. The molecule has 0 unspecified atom stereocenters. The van der Waals surface area contributed by atoms with Crippen LogP contribution in [0.2, 0.25) is 0 Å². The number of benzene rings is 1. The van der Waals surface area contributed by atoms with Crippen LogP contribution in [0.3, 0.4) is 0 Å². The topological polar surface area (TPSA) is 126 Å². The zero-order valence-corrected chi connectivity index (χ0v) is 13.7. The van der Waals surface area contributed by atoms with Crippen molar-refractivity contribution >= 4 is 33.5 Å². The van der Waals surface area contributed by atoms with E-state index in [1.807, 2.05) is 0 Å². The van der Waals surface area contributed by atoms with Gasteiger partial charge in [-0.2, -0.15) is 0 Å². The molecule has 0 atom stereocenters. The highest BCUT2D eigenvalue weighted by Crippen LogP contribution is 2.33. The minimum absolute atomic E-state index is 0.0375. The molecular formula is C14H14N4O3S2. The van der Waals surface area contributed by atoms with Crippen LogP contribution in [0.4, 0.5) is 0 Å². The predicted octanol–water partition coefficient (Wildman–Crippen LogP) is 1.26. The molecule has 0 aliphatic rings. The van der Waals surface area contributed by atoms with Crippen molar-refractivity contribution in [2.75, 3.05) is 6.26 Å². The van der Waals surface area contributed by atoms with Gasteiger partial charge in [-0.3, -0.25) is 20.5 Å². The first kappa shape index (κ1) is 17.0. The van der Waals surface area contributed by atoms with Gasteiger partial charge in [0.15, 0.2) is 15.8 Å². The van der Waals surface area contributed by atoms with E-state index < -0.39 is 21.7 Å². The molecule has 23 heavy (non-hydrogen) atoms. The molecule has 2 aromatic rings. The fourth-order valence-electron chi connectivity index (χ4n) is 1.75. The number of guanidine groups is 1. The number of nitrogens with two attached hydrogens (primary N) is 1. The maximum Gasteiger partial charge on any atom is 0.257 e. The number of nitrogens with zero attached hydrogens (tertiary/aromatic N) is 1. The lowest BCUT2D eigenvalue weighted by Crippen LogP contribution is -2.35. The molecular weight excluding hydrogens is 336 g/mol. The van der Waals surface area contributed by atoms with Crippen LogP contribution in [-0.2, 0) is 9.84 Å². The molecule has 120 valence electrons. The monoisotopic (exact) mass is 350 g/mol. The second kappa shape index (κ2) is 6.80. The van der Waals surface area contributed by atoms with Crippen LogP contribution >= 0.6 is 11.8 Å². The molecule has 4 N–H and O–H groups in total. The number of nitrogens with one attached hydrogen (secondary N) is 2. The van der Waals surface area contributed by atoms with E-state index in [1.165, 1.54) is 23.9 Å². The van der Waals surface area contributed by atoms with Gasteiger partial charge in [-0.25, -0.2) is 8.42 Å². The first-order chi connectivity index (χ1) is 10.8. The van der Waals surface area contributed by atoms with Gasteiger partial charge in [0.2, 0.25) is 0 Å². The molecule has 1 amide bonds. The molecule has 0 saturated carbocycles. The number of sulfone groups is 1. The molecule has 0 saturated heterocycles. The first-order valence-corrected chi connectivity index (χ1v) is 9.05. The van der Waals surface area contributed by atoms with Crippen LogP contribution < -0.4 is 11.1 Å². The minimum Gasteiger partial charge on any atom is -0.370 e. The fourth-order valence-corrected chi connectivity index (χ4v) is 3.91. The number of carbonyl (C=O) groups is 1. The number of pyridine rings is 1. The Kier molecular flexibility index (Phi) is 5.02. The molecule has 9 heteroatoms. The number of hydrogen-bond donors (Lipinski definition) is 3. The number of aromatic nitrogens is 1. The Hall–Kier alpha value is -2.39. The van der Waals surface area contributed by atoms with Crippen LogP contribution in [0, 0.1) is 5.41 Å². The van der Waals surface area contributed by atoms with E-state index in [2.05, 4.69) is 10.3 Å².